The monoisotopic (exact) mass is 1020 g/mol. The lowest BCUT2D eigenvalue weighted by Gasteiger charge is -2.26. The van der Waals surface area contributed by atoms with Gasteiger partial charge in [-0.25, -0.2) is 4.57 Å². The summed E-state index contributed by atoms with van der Waals surface area (Å²) < 4.78 is 23.7. The van der Waals surface area contributed by atoms with E-state index in [0.717, 1.165) is 70.6 Å². The molecule has 0 heterocycles. The number of aliphatic hydroxyl groups excluding tert-OH is 1. The molecule has 0 saturated heterocycles. The summed E-state index contributed by atoms with van der Waals surface area (Å²) in [5.74, 6) is -0.143. The smallest absolute Gasteiger partial charge is 0.391 e. The summed E-state index contributed by atoms with van der Waals surface area (Å²) >= 11 is 0. The van der Waals surface area contributed by atoms with Crippen molar-refractivity contribution in [2.24, 2.45) is 0 Å². The van der Waals surface area contributed by atoms with Gasteiger partial charge < -0.3 is 19.8 Å². The highest BCUT2D eigenvalue weighted by Gasteiger charge is 2.28. The van der Waals surface area contributed by atoms with Crippen LogP contribution >= 0.6 is 7.82 Å². The zero-order chi connectivity index (χ0) is 52.0. The summed E-state index contributed by atoms with van der Waals surface area (Å²) in [5, 5.41) is 14.0. The Labute approximate surface area is 441 Å². The molecule has 71 heavy (non-hydrogen) atoms. The molecule has 3 atom stereocenters. The number of likely N-dealkylation sites (N-methyl/N-ethyl adjacent to an activating group) is 1. The maximum atomic E-state index is 13.0. The van der Waals surface area contributed by atoms with E-state index < -0.39 is 20.0 Å². The second-order valence-corrected chi connectivity index (χ2v) is 23.2. The first-order valence-corrected chi connectivity index (χ1v) is 31.6. The van der Waals surface area contributed by atoms with Crippen molar-refractivity contribution in [3.8, 4) is 0 Å². The van der Waals surface area contributed by atoms with Gasteiger partial charge in [0.25, 0.3) is 0 Å². The molecule has 0 spiro atoms. The van der Waals surface area contributed by atoms with Gasteiger partial charge in [-0.15, -0.1) is 0 Å². The van der Waals surface area contributed by atoms with Crippen molar-refractivity contribution in [1.29, 1.82) is 0 Å². The van der Waals surface area contributed by atoms with Crippen LogP contribution in [0.4, 0.5) is 0 Å². The molecule has 0 bridgehead atoms. The maximum Gasteiger partial charge on any atom is 0.472 e. The van der Waals surface area contributed by atoms with E-state index >= 15 is 0 Å². The first-order chi connectivity index (χ1) is 34.5. The Bertz CT molecular complexity index is 1340. The first kappa shape index (κ1) is 69.2. The molecule has 0 aromatic rings. The minimum absolute atomic E-state index is 0.0755. The third kappa shape index (κ3) is 55.8. The van der Waals surface area contributed by atoms with Gasteiger partial charge in [0.1, 0.15) is 13.2 Å². The molecule has 0 aliphatic carbocycles. The SMILES string of the molecule is CC/C=C\C/C=C\C/C=C\C/C=C\C/C=C\CCCCCCCCCCCCCCCCCCCCCCCCCC(=O)NC(COP(=O)(O)OCC[N+](C)(C)C)C(O)CCCCCCCCCCCC. The van der Waals surface area contributed by atoms with Crippen LogP contribution in [0.15, 0.2) is 60.8 Å². The van der Waals surface area contributed by atoms with Gasteiger partial charge in [0.2, 0.25) is 5.91 Å². The van der Waals surface area contributed by atoms with Crippen LogP contribution < -0.4 is 5.32 Å². The zero-order valence-electron chi connectivity index (χ0n) is 47.5. The molecule has 1 amide bonds. The van der Waals surface area contributed by atoms with Gasteiger partial charge >= 0.3 is 7.82 Å². The van der Waals surface area contributed by atoms with Crippen LogP contribution in [0.2, 0.25) is 0 Å². The second-order valence-electron chi connectivity index (χ2n) is 21.7. The normalized spacial score (nSPS) is 14.3. The Kier molecular flexibility index (Phi) is 51.7. The molecule has 0 aliphatic rings. The van der Waals surface area contributed by atoms with E-state index in [-0.39, 0.29) is 19.1 Å². The number of quaternary nitrogens is 1. The highest BCUT2D eigenvalue weighted by molar-refractivity contribution is 7.47. The van der Waals surface area contributed by atoms with E-state index in [0.29, 0.717) is 23.9 Å². The van der Waals surface area contributed by atoms with Crippen molar-refractivity contribution >= 4 is 13.7 Å². The number of carbonyl (C=O) groups is 1. The summed E-state index contributed by atoms with van der Waals surface area (Å²) in [5.41, 5.74) is 0. The maximum absolute atomic E-state index is 13.0. The second kappa shape index (κ2) is 53.0. The number of nitrogens with zero attached hydrogens (tertiary/aromatic N) is 1. The molecule has 8 nitrogen and oxygen atoms in total. The number of nitrogens with one attached hydrogen (secondary N) is 1. The minimum Gasteiger partial charge on any atom is -0.391 e. The minimum atomic E-state index is -4.31. The molecular formula is C62H118N2O6P+. The number of carbonyl (C=O) groups excluding carboxylic acids is 1. The molecule has 3 N–H and O–H groups in total. The average molecular weight is 1020 g/mol. The van der Waals surface area contributed by atoms with Crippen molar-refractivity contribution in [2.75, 3.05) is 40.9 Å². The number of hydrogen-bond donors (Lipinski definition) is 3. The molecule has 0 saturated carbocycles. The lowest BCUT2D eigenvalue weighted by Crippen LogP contribution is -2.46. The molecule has 0 aliphatic heterocycles. The van der Waals surface area contributed by atoms with Crippen LogP contribution in [-0.2, 0) is 18.4 Å². The van der Waals surface area contributed by atoms with E-state index in [4.69, 9.17) is 9.05 Å². The van der Waals surface area contributed by atoms with E-state index in [1.165, 1.54) is 180 Å². The van der Waals surface area contributed by atoms with E-state index in [2.05, 4.69) is 79.9 Å². The Balaban J connectivity index is 3.83. The number of phosphoric ester groups is 1. The standard InChI is InChI=1S/C62H117N2O6P/c1-6-8-10-12-14-16-18-19-20-21-22-23-24-25-26-27-28-29-30-31-32-33-34-35-36-37-38-39-40-41-42-43-44-45-46-48-50-52-54-56-62(66)63-60(59-70-71(67,68)69-58-57-64(3,4)5)61(65)55-53-51-49-47-17-15-13-11-9-7-2/h8,10,14,16,19-20,22-23,25-26,60-61,65H,6-7,9,11-13,15,17-18,21,24,27-59H2,1-5H3,(H-,63,66,67,68)/p+1/b10-8-,16-14-,20-19-,23-22-,26-25-. The first-order valence-electron chi connectivity index (χ1n) is 30.2. The van der Waals surface area contributed by atoms with Crippen LogP contribution in [0.1, 0.15) is 277 Å². The Morgan fingerprint density at radius 3 is 1.24 bits per heavy atom. The highest BCUT2D eigenvalue weighted by atomic mass is 31.2. The average Bonchev–Trinajstić information content (AvgIpc) is 3.33. The summed E-state index contributed by atoms with van der Waals surface area (Å²) in [6.07, 6.45) is 71.7. The predicted octanol–water partition coefficient (Wildman–Crippen LogP) is 18.5. The number of rotatable bonds is 55. The third-order valence-corrected chi connectivity index (χ3v) is 14.5. The van der Waals surface area contributed by atoms with Gasteiger partial charge in [-0.3, -0.25) is 13.8 Å². The fraction of sp³-hybridized carbons (Fsp3) is 0.823. The number of aliphatic hydroxyl groups is 1. The molecule has 0 rings (SSSR count). The van der Waals surface area contributed by atoms with Crippen LogP contribution in [-0.4, -0.2) is 73.4 Å². The van der Waals surface area contributed by atoms with E-state index in [1.54, 1.807) is 0 Å². The lowest BCUT2D eigenvalue weighted by atomic mass is 10.0. The lowest BCUT2D eigenvalue weighted by molar-refractivity contribution is -0.870. The zero-order valence-corrected chi connectivity index (χ0v) is 48.4. The molecular weight excluding hydrogens is 900 g/mol. The quantitative estimate of drug-likeness (QED) is 0.0243. The fourth-order valence-electron chi connectivity index (χ4n) is 8.84. The van der Waals surface area contributed by atoms with Crippen LogP contribution in [0, 0.1) is 0 Å². The predicted molar refractivity (Wildman–Crippen MR) is 309 cm³/mol. The number of amides is 1. The molecule has 0 fully saturated rings. The number of allylic oxidation sites excluding steroid dienone is 10. The molecule has 9 heteroatoms. The summed E-state index contributed by atoms with van der Waals surface area (Å²) in [6, 6.07) is -0.758. The van der Waals surface area contributed by atoms with Gasteiger partial charge in [-0.1, -0.05) is 274 Å². The van der Waals surface area contributed by atoms with Gasteiger partial charge in [-0.05, 0) is 57.8 Å². The topological polar surface area (TPSA) is 105 Å². The van der Waals surface area contributed by atoms with Crippen molar-refractivity contribution in [1.82, 2.24) is 5.32 Å². The van der Waals surface area contributed by atoms with Crippen molar-refractivity contribution in [2.45, 2.75) is 289 Å². The summed E-state index contributed by atoms with van der Waals surface area (Å²) in [7, 11) is 1.62. The van der Waals surface area contributed by atoms with E-state index in [9.17, 15) is 19.4 Å². The molecule has 416 valence electrons. The Morgan fingerprint density at radius 1 is 0.493 bits per heavy atom. The van der Waals surface area contributed by atoms with Crippen LogP contribution in [0.5, 0.6) is 0 Å². The van der Waals surface area contributed by atoms with Crippen molar-refractivity contribution < 1.29 is 32.9 Å². The Morgan fingerprint density at radius 2 is 0.845 bits per heavy atom. The van der Waals surface area contributed by atoms with Gasteiger partial charge in [0.15, 0.2) is 0 Å². The molecule has 0 aromatic carbocycles. The van der Waals surface area contributed by atoms with E-state index in [1.807, 2.05) is 21.1 Å². The van der Waals surface area contributed by atoms with Crippen molar-refractivity contribution in [3.05, 3.63) is 60.8 Å². The highest BCUT2D eigenvalue weighted by Crippen LogP contribution is 2.43. The largest absolute Gasteiger partial charge is 0.472 e. The van der Waals surface area contributed by atoms with Crippen LogP contribution in [0.25, 0.3) is 0 Å². The molecule has 0 radical (unpaired) electrons. The van der Waals surface area contributed by atoms with Crippen LogP contribution in [0.3, 0.4) is 0 Å². The summed E-state index contributed by atoms with van der Waals surface area (Å²) in [6.45, 7) is 4.77. The molecule has 3 unspecified atom stereocenters. The molecule has 0 aromatic heterocycles. The number of hydrogen-bond acceptors (Lipinski definition) is 5. The number of phosphoric acid groups is 1. The van der Waals surface area contributed by atoms with Gasteiger partial charge in [-0.2, -0.15) is 0 Å². The summed E-state index contributed by atoms with van der Waals surface area (Å²) in [4.78, 5) is 23.2. The Hall–Kier alpha value is -1.80. The fourth-order valence-corrected chi connectivity index (χ4v) is 9.58. The van der Waals surface area contributed by atoms with Gasteiger partial charge in [0.05, 0.1) is 39.9 Å². The third-order valence-electron chi connectivity index (χ3n) is 13.5. The number of unbranched alkanes of at least 4 members (excludes halogenated alkanes) is 32. The van der Waals surface area contributed by atoms with Crippen molar-refractivity contribution in [3.63, 3.8) is 0 Å². The van der Waals surface area contributed by atoms with Gasteiger partial charge in [0, 0.05) is 6.42 Å².